The highest BCUT2D eigenvalue weighted by Gasteiger charge is 2.19. The van der Waals surface area contributed by atoms with Gasteiger partial charge in [0.05, 0.1) is 6.54 Å². The number of hydrogen-bond donors (Lipinski definition) is 0. The van der Waals surface area contributed by atoms with Crippen molar-refractivity contribution in [1.82, 2.24) is 9.78 Å². The third-order valence-electron chi connectivity index (χ3n) is 2.32. The molecule has 0 aliphatic carbocycles. The fraction of sp³-hybridized carbons (Fsp3) is 0.167. The predicted molar refractivity (Wildman–Crippen MR) is 66.6 cm³/mol. The number of hydrogen-bond acceptors (Lipinski definition) is 3. The van der Waals surface area contributed by atoms with E-state index in [2.05, 4.69) is 21.0 Å². The molecule has 0 saturated heterocycles. The standard InChI is InChI=1S/C12H9BrF2N2O2/c13-8-6-9(14)11(10(15)7-8)12(18)19-5-4-17-3-1-2-16-17/h1-3,6-7H,4-5H2. The smallest absolute Gasteiger partial charge is 0.344 e. The second-order valence-electron chi connectivity index (χ2n) is 3.65. The minimum Gasteiger partial charge on any atom is -0.460 e. The molecule has 0 unspecified atom stereocenters. The van der Waals surface area contributed by atoms with Crippen LogP contribution in [0.25, 0.3) is 0 Å². The van der Waals surface area contributed by atoms with E-state index in [-0.39, 0.29) is 11.1 Å². The van der Waals surface area contributed by atoms with E-state index < -0.39 is 23.2 Å². The largest absolute Gasteiger partial charge is 0.460 e. The Morgan fingerprint density at radius 3 is 2.63 bits per heavy atom. The Morgan fingerprint density at radius 1 is 1.37 bits per heavy atom. The van der Waals surface area contributed by atoms with Crippen molar-refractivity contribution in [3.63, 3.8) is 0 Å². The van der Waals surface area contributed by atoms with Crippen LogP contribution in [0.15, 0.2) is 35.1 Å². The summed E-state index contributed by atoms with van der Waals surface area (Å²) in [5.41, 5.74) is -0.691. The molecule has 1 aromatic heterocycles. The molecule has 1 aromatic carbocycles. The van der Waals surface area contributed by atoms with Gasteiger partial charge in [-0.3, -0.25) is 4.68 Å². The summed E-state index contributed by atoms with van der Waals surface area (Å²) in [5, 5.41) is 3.90. The molecule has 0 saturated carbocycles. The number of ether oxygens (including phenoxy) is 1. The Balaban J connectivity index is 2.00. The Labute approximate surface area is 116 Å². The van der Waals surface area contributed by atoms with Crippen molar-refractivity contribution in [2.75, 3.05) is 6.61 Å². The summed E-state index contributed by atoms with van der Waals surface area (Å²) >= 11 is 2.93. The van der Waals surface area contributed by atoms with Crippen LogP contribution >= 0.6 is 15.9 Å². The minimum absolute atomic E-state index is 0.0184. The van der Waals surface area contributed by atoms with Gasteiger partial charge in [0.1, 0.15) is 23.8 Å². The number of carbonyl (C=O) groups is 1. The first-order valence-corrected chi connectivity index (χ1v) is 6.16. The van der Waals surface area contributed by atoms with Gasteiger partial charge in [-0.05, 0) is 18.2 Å². The zero-order valence-corrected chi connectivity index (χ0v) is 11.2. The Bertz CT molecular complexity index is 564. The molecule has 0 radical (unpaired) electrons. The van der Waals surface area contributed by atoms with Crippen molar-refractivity contribution < 1.29 is 18.3 Å². The number of nitrogens with zero attached hydrogens (tertiary/aromatic N) is 2. The number of benzene rings is 1. The normalized spacial score (nSPS) is 10.5. The first-order valence-electron chi connectivity index (χ1n) is 5.37. The molecule has 2 rings (SSSR count). The average molecular weight is 331 g/mol. The molecule has 0 aliphatic heterocycles. The summed E-state index contributed by atoms with van der Waals surface area (Å²) in [6.45, 7) is 0.300. The quantitative estimate of drug-likeness (QED) is 0.810. The molecule has 0 bridgehead atoms. The van der Waals surface area contributed by atoms with E-state index in [4.69, 9.17) is 4.74 Å². The Hall–Kier alpha value is -1.76. The third-order valence-corrected chi connectivity index (χ3v) is 2.78. The molecule has 19 heavy (non-hydrogen) atoms. The van der Waals surface area contributed by atoms with Crippen LogP contribution in [0.4, 0.5) is 8.78 Å². The molecule has 1 heterocycles. The van der Waals surface area contributed by atoms with Gasteiger partial charge >= 0.3 is 5.97 Å². The number of halogens is 3. The topological polar surface area (TPSA) is 44.1 Å². The lowest BCUT2D eigenvalue weighted by atomic mass is 10.2. The summed E-state index contributed by atoms with van der Waals surface area (Å²) < 4.78 is 33.5. The SMILES string of the molecule is O=C(OCCn1cccn1)c1c(F)cc(Br)cc1F. The monoisotopic (exact) mass is 330 g/mol. The second kappa shape index (κ2) is 5.92. The first-order chi connectivity index (χ1) is 9.08. The Kier molecular flexibility index (Phi) is 4.26. The maximum absolute atomic E-state index is 13.5. The van der Waals surface area contributed by atoms with E-state index in [0.717, 1.165) is 12.1 Å². The summed E-state index contributed by atoms with van der Waals surface area (Å²) in [5.74, 6) is -2.96. The maximum Gasteiger partial charge on any atom is 0.344 e. The fourth-order valence-corrected chi connectivity index (χ4v) is 1.88. The van der Waals surface area contributed by atoms with Gasteiger partial charge < -0.3 is 4.74 Å². The van der Waals surface area contributed by atoms with Crippen LogP contribution in [-0.4, -0.2) is 22.4 Å². The summed E-state index contributed by atoms with van der Waals surface area (Å²) in [4.78, 5) is 11.6. The Morgan fingerprint density at radius 2 is 2.05 bits per heavy atom. The fourth-order valence-electron chi connectivity index (χ4n) is 1.47. The van der Waals surface area contributed by atoms with E-state index in [1.165, 1.54) is 0 Å². The second-order valence-corrected chi connectivity index (χ2v) is 4.57. The minimum atomic E-state index is -1.03. The van der Waals surface area contributed by atoms with Crippen molar-refractivity contribution in [3.05, 3.63) is 52.3 Å². The highest BCUT2D eigenvalue weighted by Crippen LogP contribution is 2.20. The van der Waals surface area contributed by atoms with Crippen LogP contribution in [-0.2, 0) is 11.3 Å². The van der Waals surface area contributed by atoms with Crippen molar-refractivity contribution in [1.29, 1.82) is 0 Å². The van der Waals surface area contributed by atoms with E-state index >= 15 is 0 Å². The lowest BCUT2D eigenvalue weighted by Crippen LogP contribution is -2.14. The number of esters is 1. The average Bonchev–Trinajstić information content (AvgIpc) is 2.80. The van der Waals surface area contributed by atoms with Crippen molar-refractivity contribution in [3.8, 4) is 0 Å². The summed E-state index contributed by atoms with van der Waals surface area (Å²) in [7, 11) is 0. The molecule has 2 aromatic rings. The molecule has 0 fully saturated rings. The number of aromatic nitrogens is 2. The third kappa shape index (κ3) is 3.37. The molecule has 0 spiro atoms. The predicted octanol–water partition coefficient (Wildman–Crippen LogP) is 2.78. The molecule has 100 valence electrons. The van der Waals surface area contributed by atoms with Crippen molar-refractivity contribution in [2.45, 2.75) is 6.54 Å². The molecular weight excluding hydrogens is 322 g/mol. The molecule has 0 amide bonds. The van der Waals surface area contributed by atoms with Gasteiger partial charge in [0.2, 0.25) is 0 Å². The highest BCUT2D eigenvalue weighted by atomic mass is 79.9. The van der Waals surface area contributed by atoms with Crippen LogP contribution in [0, 0.1) is 11.6 Å². The van der Waals surface area contributed by atoms with Crippen LogP contribution < -0.4 is 0 Å². The molecule has 0 atom stereocenters. The van der Waals surface area contributed by atoms with Crippen LogP contribution in [0.2, 0.25) is 0 Å². The highest BCUT2D eigenvalue weighted by molar-refractivity contribution is 9.10. The van der Waals surface area contributed by atoms with Crippen LogP contribution in [0.3, 0.4) is 0 Å². The first kappa shape index (κ1) is 13.7. The van der Waals surface area contributed by atoms with Crippen molar-refractivity contribution in [2.24, 2.45) is 0 Å². The van der Waals surface area contributed by atoms with E-state index in [0.29, 0.717) is 6.54 Å². The van der Waals surface area contributed by atoms with Gasteiger partial charge in [-0.2, -0.15) is 5.10 Å². The lowest BCUT2D eigenvalue weighted by molar-refractivity contribution is 0.0476. The zero-order chi connectivity index (χ0) is 13.8. The molecule has 7 heteroatoms. The zero-order valence-electron chi connectivity index (χ0n) is 9.65. The lowest BCUT2D eigenvalue weighted by Gasteiger charge is -2.07. The van der Waals surface area contributed by atoms with Gasteiger partial charge in [0.25, 0.3) is 0 Å². The van der Waals surface area contributed by atoms with Gasteiger partial charge in [0, 0.05) is 16.9 Å². The molecular formula is C12H9BrF2N2O2. The number of carbonyl (C=O) groups excluding carboxylic acids is 1. The summed E-state index contributed by atoms with van der Waals surface area (Å²) in [6, 6.07) is 3.73. The van der Waals surface area contributed by atoms with Crippen LogP contribution in [0.1, 0.15) is 10.4 Å². The molecule has 0 N–H and O–H groups in total. The van der Waals surface area contributed by atoms with E-state index in [9.17, 15) is 13.6 Å². The maximum atomic E-state index is 13.5. The van der Waals surface area contributed by atoms with Crippen molar-refractivity contribution >= 4 is 21.9 Å². The molecule has 0 aliphatic rings. The van der Waals surface area contributed by atoms with Gasteiger partial charge in [-0.25, -0.2) is 13.6 Å². The van der Waals surface area contributed by atoms with E-state index in [1.54, 1.807) is 23.1 Å². The van der Waals surface area contributed by atoms with Gasteiger partial charge in [-0.15, -0.1) is 0 Å². The molecule has 4 nitrogen and oxygen atoms in total. The van der Waals surface area contributed by atoms with Gasteiger partial charge in [-0.1, -0.05) is 15.9 Å². The van der Waals surface area contributed by atoms with E-state index in [1.807, 2.05) is 0 Å². The van der Waals surface area contributed by atoms with Crippen LogP contribution in [0.5, 0.6) is 0 Å². The summed E-state index contributed by atoms with van der Waals surface area (Å²) in [6.07, 6.45) is 3.27. The number of rotatable bonds is 4. The van der Waals surface area contributed by atoms with Gasteiger partial charge in [0.15, 0.2) is 0 Å².